The average Bonchev–Trinajstić information content (AvgIpc) is 2.95. The Balaban J connectivity index is 1.61. The van der Waals surface area contributed by atoms with Gasteiger partial charge in [-0.25, -0.2) is 4.98 Å². The first kappa shape index (κ1) is 29.5. The molecule has 0 saturated heterocycles. The molecule has 5 aromatic rings. The average molecular weight is 598 g/mol. The molecule has 1 aromatic heterocycles. The smallest absolute Gasteiger partial charge is 0.130 e. The molecule has 214 valence electrons. The van der Waals surface area contributed by atoms with E-state index in [1.165, 1.54) is 16.7 Å². The van der Waals surface area contributed by atoms with Crippen LogP contribution in [-0.4, -0.2) is 18.2 Å². The summed E-state index contributed by atoms with van der Waals surface area (Å²) in [6, 6.07) is 28.3. The second-order valence-electron chi connectivity index (χ2n) is 10.2. The second kappa shape index (κ2) is 12.9. The summed E-state index contributed by atoms with van der Waals surface area (Å²) in [5.74, 6) is 1.37. The van der Waals surface area contributed by atoms with Crippen molar-refractivity contribution in [2.75, 3.05) is 18.5 Å². The molecule has 42 heavy (non-hydrogen) atoms. The standard InChI is InChI=1S/C36H34Cl2N2O2/c1-6-41-34-20-27(37)10-14-30(34)32-18-26(19-33(40-32)31-15-11-28(38)21-35(31)42-7-2)25-8-12-29(13-9-25)39-36-23(4)16-22(3)17-24(36)5/h8-21,39H,6-7H2,1-5H3. The van der Waals surface area contributed by atoms with Crippen molar-refractivity contribution < 1.29 is 9.47 Å². The zero-order valence-corrected chi connectivity index (χ0v) is 26.0. The zero-order chi connectivity index (χ0) is 29.8. The number of ether oxygens (including phenoxy) is 2. The number of nitrogens with one attached hydrogen (secondary N) is 1. The minimum atomic E-state index is 0.514. The SMILES string of the molecule is CCOc1cc(Cl)ccc1-c1cc(-c2ccc(Nc3c(C)cc(C)cc3C)cc2)cc(-c2ccc(Cl)cc2OCC)n1. The number of pyridine rings is 1. The third kappa shape index (κ3) is 6.56. The van der Waals surface area contributed by atoms with Crippen LogP contribution in [0.25, 0.3) is 33.6 Å². The molecule has 1 N–H and O–H groups in total. The fourth-order valence-corrected chi connectivity index (χ4v) is 5.53. The Bertz CT molecular complexity index is 1640. The fourth-order valence-electron chi connectivity index (χ4n) is 5.21. The molecule has 0 fully saturated rings. The van der Waals surface area contributed by atoms with Gasteiger partial charge in [0.15, 0.2) is 0 Å². The maximum Gasteiger partial charge on any atom is 0.130 e. The van der Waals surface area contributed by atoms with Gasteiger partial charge in [-0.1, -0.05) is 53.0 Å². The van der Waals surface area contributed by atoms with Gasteiger partial charge in [0.1, 0.15) is 11.5 Å². The van der Waals surface area contributed by atoms with Gasteiger partial charge in [0.2, 0.25) is 0 Å². The van der Waals surface area contributed by atoms with Crippen LogP contribution in [0.1, 0.15) is 30.5 Å². The summed E-state index contributed by atoms with van der Waals surface area (Å²) < 4.78 is 11.9. The van der Waals surface area contributed by atoms with Crippen molar-refractivity contribution in [1.82, 2.24) is 4.98 Å². The number of nitrogens with zero attached hydrogens (tertiary/aromatic N) is 1. The predicted molar refractivity (Wildman–Crippen MR) is 177 cm³/mol. The molecule has 0 aliphatic carbocycles. The van der Waals surface area contributed by atoms with Crippen LogP contribution in [0.5, 0.6) is 11.5 Å². The van der Waals surface area contributed by atoms with Crippen LogP contribution in [-0.2, 0) is 0 Å². The van der Waals surface area contributed by atoms with Crippen molar-refractivity contribution in [3.8, 4) is 45.1 Å². The van der Waals surface area contributed by atoms with Crippen LogP contribution in [0.15, 0.2) is 84.9 Å². The molecule has 6 heteroatoms. The van der Waals surface area contributed by atoms with Gasteiger partial charge in [0, 0.05) is 32.5 Å². The molecule has 0 unspecified atom stereocenters. The number of halogens is 2. The quantitative estimate of drug-likeness (QED) is 0.184. The summed E-state index contributed by atoms with van der Waals surface area (Å²) in [5, 5.41) is 4.82. The van der Waals surface area contributed by atoms with E-state index in [1.807, 2.05) is 50.2 Å². The topological polar surface area (TPSA) is 43.4 Å². The van der Waals surface area contributed by atoms with Crippen LogP contribution in [0.4, 0.5) is 11.4 Å². The van der Waals surface area contributed by atoms with E-state index < -0.39 is 0 Å². The summed E-state index contributed by atoms with van der Waals surface area (Å²) in [6.07, 6.45) is 0. The molecule has 0 amide bonds. The molecule has 0 saturated carbocycles. The summed E-state index contributed by atoms with van der Waals surface area (Å²) in [4.78, 5) is 5.09. The van der Waals surface area contributed by atoms with Gasteiger partial charge in [0.25, 0.3) is 0 Å². The van der Waals surface area contributed by atoms with Crippen LogP contribution in [0.2, 0.25) is 10.0 Å². The Morgan fingerprint density at radius 2 is 1.12 bits per heavy atom. The minimum absolute atomic E-state index is 0.514. The van der Waals surface area contributed by atoms with Gasteiger partial charge >= 0.3 is 0 Å². The molecule has 0 bridgehead atoms. The molecule has 0 aliphatic rings. The largest absolute Gasteiger partial charge is 0.493 e. The highest BCUT2D eigenvalue weighted by Gasteiger charge is 2.16. The van der Waals surface area contributed by atoms with Gasteiger partial charge < -0.3 is 14.8 Å². The zero-order valence-electron chi connectivity index (χ0n) is 24.5. The summed E-state index contributed by atoms with van der Waals surface area (Å²) in [5.41, 5.74) is 11.2. The summed E-state index contributed by atoms with van der Waals surface area (Å²) >= 11 is 12.7. The highest BCUT2D eigenvalue weighted by molar-refractivity contribution is 6.31. The normalized spacial score (nSPS) is 10.9. The van der Waals surface area contributed by atoms with E-state index in [4.69, 9.17) is 37.7 Å². The van der Waals surface area contributed by atoms with Gasteiger partial charge in [-0.15, -0.1) is 0 Å². The first-order valence-corrected chi connectivity index (χ1v) is 14.8. The van der Waals surface area contributed by atoms with Crippen molar-refractivity contribution in [3.05, 3.63) is 112 Å². The van der Waals surface area contributed by atoms with Crippen molar-refractivity contribution in [2.45, 2.75) is 34.6 Å². The second-order valence-corrected chi connectivity index (χ2v) is 11.1. The van der Waals surface area contributed by atoms with E-state index in [-0.39, 0.29) is 0 Å². The van der Waals surface area contributed by atoms with Crippen LogP contribution in [0, 0.1) is 20.8 Å². The van der Waals surface area contributed by atoms with Crippen molar-refractivity contribution in [3.63, 3.8) is 0 Å². The van der Waals surface area contributed by atoms with E-state index in [0.29, 0.717) is 34.8 Å². The molecule has 0 aliphatic heterocycles. The van der Waals surface area contributed by atoms with E-state index in [0.717, 1.165) is 45.0 Å². The number of hydrogen-bond acceptors (Lipinski definition) is 4. The first-order valence-electron chi connectivity index (χ1n) is 14.1. The maximum absolute atomic E-state index is 6.33. The Hall–Kier alpha value is -3.99. The maximum atomic E-state index is 6.33. The van der Waals surface area contributed by atoms with Crippen molar-refractivity contribution in [2.24, 2.45) is 0 Å². The fraction of sp³-hybridized carbons (Fsp3) is 0.194. The van der Waals surface area contributed by atoms with Gasteiger partial charge in [0.05, 0.1) is 24.6 Å². The Labute approximate surface area is 258 Å². The molecule has 0 spiro atoms. The lowest BCUT2D eigenvalue weighted by molar-refractivity contribution is 0.341. The first-order chi connectivity index (χ1) is 20.2. The molecular weight excluding hydrogens is 563 g/mol. The van der Waals surface area contributed by atoms with E-state index in [9.17, 15) is 0 Å². The molecular formula is C36H34Cl2N2O2. The molecule has 0 radical (unpaired) electrons. The van der Waals surface area contributed by atoms with Crippen LogP contribution in [0.3, 0.4) is 0 Å². The molecule has 4 aromatic carbocycles. The predicted octanol–water partition coefficient (Wildman–Crippen LogP) is 10.9. The lowest BCUT2D eigenvalue weighted by Gasteiger charge is -2.16. The van der Waals surface area contributed by atoms with Crippen molar-refractivity contribution >= 4 is 34.6 Å². The lowest BCUT2D eigenvalue weighted by atomic mass is 9.99. The number of aromatic nitrogens is 1. The number of hydrogen-bond donors (Lipinski definition) is 1. The number of benzene rings is 4. The van der Waals surface area contributed by atoms with Gasteiger partial charge in [-0.3, -0.25) is 0 Å². The summed E-state index contributed by atoms with van der Waals surface area (Å²) in [6.45, 7) is 11.3. The molecule has 1 heterocycles. The Morgan fingerprint density at radius 1 is 0.619 bits per heavy atom. The van der Waals surface area contributed by atoms with E-state index in [2.05, 4.69) is 74.6 Å². The highest BCUT2D eigenvalue weighted by atomic mass is 35.5. The molecule has 5 rings (SSSR count). The molecule has 4 nitrogen and oxygen atoms in total. The Morgan fingerprint density at radius 3 is 1.60 bits per heavy atom. The van der Waals surface area contributed by atoms with E-state index in [1.54, 1.807) is 0 Å². The van der Waals surface area contributed by atoms with Crippen molar-refractivity contribution in [1.29, 1.82) is 0 Å². The number of aryl methyl sites for hydroxylation is 3. The Kier molecular flexibility index (Phi) is 9.06. The van der Waals surface area contributed by atoms with Crippen LogP contribution >= 0.6 is 23.2 Å². The third-order valence-corrected chi connectivity index (χ3v) is 7.50. The number of rotatable bonds is 9. The monoisotopic (exact) mass is 596 g/mol. The lowest BCUT2D eigenvalue weighted by Crippen LogP contribution is -1.99. The van der Waals surface area contributed by atoms with Gasteiger partial charge in [-0.2, -0.15) is 0 Å². The van der Waals surface area contributed by atoms with Crippen LogP contribution < -0.4 is 14.8 Å². The van der Waals surface area contributed by atoms with E-state index >= 15 is 0 Å². The third-order valence-electron chi connectivity index (χ3n) is 7.03. The minimum Gasteiger partial charge on any atom is -0.493 e. The summed E-state index contributed by atoms with van der Waals surface area (Å²) in [7, 11) is 0. The highest BCUT2D eigenvalue weighted by Crippen LogP contribution is 2.39. The van der Waals surface area contributed by atoms with Gasteiger partial charge in [-0.05, 0) is 118 Å². The molecule has 0 atom stereocenters. The number of anilines is 2.